The van der Waals surface area contributed by atoms with Crippen molar-refractivity contribution in [2.24, 2.45) is 5.41 Å². The van der Waals surface area contributed by atoms with Gasteiger partial charge in [-0.2, -0.15) is 0 Å². The number of hydrogen-bond donors (Lipinski definition) is 1. The Bertz CT molecular complexity index is 627. The Morgan fingerprint density at radius 3 is 2.57 bits per heavy atom. The quantitative estimate of drug-likeness (QED) is 0.692. The Balaban J connectivity index is 2.12. The number of rotatable bonds is 5. The summed E-state index contributed by atoms with van der Waals surface area (Å²) in [5, 5.41) is 9.58. The molecule has 1 N–H and O–H groups in total. The van der Waals surface area contributed by atoms with Crippen LogP contribution >= 0.6 is 0 Å². The summed E-state index contributed by atoms with van der Waals surface area (Å²) in [5.74, 6) is 0. The van der Waals surface area contributed by atoms with Crippen molar-refractivity contribution < 1.29 is 5.11 Å². The molecule has 1 aromatic rings. The van der Waals surface area contributed by atoms with Gasteiger partial charge in [-0.15, -0.1) is 0 Å². The summed E-state index contributed by atoms with van der Waals surface area (Å²) in [5.41, 5.74) is 5.24. The first-order valence-electron chi connectivity index (χ1n) is 8.44. The highest BCUT2D eigenvalue weighted by Gasteiger charge is 2.26. The highest BCUT2D eigenvalue weighted by molar-refractivity contribution is 5.51. The number of allylic oxidation sites excluding steroid dienone is 5. The van der Waals surface area contributed by atoms with Crippen LogP contribution in [-0.2, 0) is 0 Å². The van der Waals surface area contributed by atoms with Gasteiger partial charge in [0.2, 0.25) is 0 Å². The van der Waals surface area contributed by atoms with Crippen LogP contribution in [0.3, 0.4) is 0 Å². The van der Waals surface area contributed by atoms with Crippen LogP contribution in [0, 0.1) is 5.41 Å². The number of aliphatic hydroxyl groups excluding tert-OH is 1. The van der Waals surface area contributed by atoms with Gasteiger partial charge in [0.1, 0.15) is 0 Å². The fourth-order valence-corrected chi connectivity index (χ4v) is 3.21. The SMILES string of the molecule is CC1=C(/C=C/C(=C/C=C/c2ccccc2)CO)C(C)(C)CCC1. The van der Waals surface area contributed by atoms with E-state index in [0.717, 1.165) is 11.1 Å². The van der Waals surface area contributed by atoms with E-state index in [1.807, 2.05) is 30.4 Å². The number of hydrogen-bond acceptors (Lipinski definition) is 1. The van der Waals surface area contributed by atoms with Crippen LogP contribution < -0.4 is 0 Å². The normalized spacial score (nSPS) is 19.0. The van der Waals surface area contributed by atoms with E-state index < -0.39 is 0 Å². The molecular weight excluding hydrogens is 280 g/mol. The first-order valence-corrected chi connectivity index (χ1v) is 8.44. The largest absolute Gasteiger partial charge is 0.392 e. The van der Waals surface area contributed by atoms with Gasteiger partial charge in [0.25, 0.3) is 0 Å². The van der Waals surface area contributed by atoms with E-state index in [1.165, 1.54) is 30.4 Å². The lowest BCUT2D eigenvalue weighted by molar-refractivity contribution is 0.335. The summed E-state index contributed by atoms with van der Waals surface area (Å²) in [6.45, 7) is 6.92. The van der Waals surface area contributed by atoms with E-state index in [-0.39, 0.29) is 12.0 Å². The molecule has 1 aliphatic carbocycles. The molecule has 0 heterocycles. The molecule has 23 heavy (non-hydrogen) atoms. The molecule has 122 valence electrons. The van der Waals surface area contributed by atoms with Gasteiger partial charge < -0.3 is 5.11 Å². The summed E-state index contributed by atoms with van der Waals surface area (Å²) in [6.07, 6.45) is 14.0. The Kier molecular flexibility index (Phi) is 6.18. The molecule has 0 atom stereocenters. The average Bonchev–Trinajstić information content (AvgIpc) is 2.53. The lowest BCUT2D eigenvalue weighted by atomic mass is 9.72. The van der Waals surface area contributed by atoms with Gasteiger partial charge >= 0.3 is 0 Å². The van der Waals surface area contributed by atoms with E-state index in [0.29, 0.717) is 0 Å². The Morgan fingerprint density at radius 1 is 1.17 bits per heavy atom. The first kappa shape index (κ1) is 17.5. The van der Waals surface area contributed by atoms with Crippen molar-refractivity contribution in [3.63, 3.8) is 0 Å². The predicted molar refractivity (Wildman–Crippen MR) is 100 cm³/mol. The van der Waals surface area contributed by atoms with Crippen LogP contribution in [0.15, 0.2) is 71.4 Å². The van der Waals surface area contributed by atoms with E-state index in [9.17, 15) is 5.11 Å². The van der Waals surface area contributed by atoms with Crippen molar-refractivity contribution in [3.05, 3.63) is 76.9 Å². The van der Waals surface area contributed by atoms with Crippen molar-refractivity contribution in [3.8, 4) is 0 Å². The molecule has 1 heteroatoms. The molecule has 0 aliphatic heterocycles. The topological polar surface area (TPSA) is 20.2 Å². The van der Waals surface area contributed by atoms with Crippen molar-refractivity contribution in [1.29, 1.82) is 0 Å². The molecule has 1 nitrogen and oxygen atoms in total. The van der Waals surface area contributed by atoms with Gasteiger partial charge in [-0.25, -0.2) is 0 Å². The third-order valence-electron chi connectivity index (χ3n) is 4.59. The minimum atomic E-state index is 0.0579. The molecule has 0 radical (unpaired) electrons. The molecular formula is C22H28O. The standard InChI is InChI=1S/C22H28O/c1-18-9-8-16-22(2,3)21(18)15-14-20(17-23)13-7-12-19-10-5-4-6-11-19/h4-7,10-15,23H,8-9,16-17H2,1-3H3/b12-7+,15-14+,20-13-. The van der Waals surface area contributed by atoms with Crippen LogP contribution in [0.2, 0.25) is 0 Å². The maximum absolute atomic E-state index is 9.58. The van der Waals surface area contributed by atoms with Crippen LogP contribution in [0.1, 0.15) is 45.6 Å². The Hall–Kier alpha value is -1.86. The van der Waals surface area contributed by atoms with E-state index in [4.69, 9.17) is 0 Å². The highest BCUT2D eigenvalue weighted by Crippen LogP contribution is 2.40. The van der Waals surface area contributed by atoms with Gasteiger partial charge in [-0.05, 0) is 48.3 Å². The second-order valence-electron chi connectivity index (χ2n) is 6.93. The monoisotopic (exact) mass is 308 g/mol. The zero-order valence-corrected chi connectivity index (χ0v) is 14.5. The summed E-state index contributed by atoms with van der Waals surface area (Å²) in [6, 6.07) is 10.2. The third-order valence-corrected chi connectivity index (χ3v) is 4.59. The van der Waals surface area contributed by atoms with Crippen LogP contribution in [0.25, 0.3) is 6.08 Å². The highest BCUT2D eigenvalue weighted by atomic mass is 16.3. The molecule has 1 aliphatic rings. The predicted octanol–water partition coefficient (Wildman–Crippen LogP) is 5.70. The molecule has 0 spiro atoms. The molecule has 0 amide bonds. The minimum absolute atomic E-state index is 0.0579. The Labute approximate surface area is 140 Å². The smallest absolute Gasteiger partial charge is 0.0681 e. The molecule has 0 aromatic heterocycles. The van der Waals surface area contributed by atoms with Crippen LogP contribution in [0.4, 0.5) is 0 Å². The molecule has 0 fully saturated rings. The van der Waals surface area contributed by atoms with Crippen LogP contribution in [-0.4, -0.2) is 11.7 Å². The van der Waals surface area contributed by atoms with Crippen molar-refractivity contribution >= 4 is 6.08 Å². The molecule has 2 rings (SSSR count). The molecule has 0 bridgehead atoms. The second kappa shape index (κ2) is 8.12. The summed E-state index contributed by atoms with van der Waals surface area (Å²) in [4.78, 5) is 0. The van der Waals surface area contributed by atoms with Crippen molar-refractivity contribution in [2.45, 2.75) is 40.0 Å². The number of aliphatic hydroxyl groups is 1. The maximum atomic E-state index is 9.58. The zero-order valence-electron chi connectivity index (χ0n) is 14.5. The van der Waals surface area contributed by atoms with Gasteiger partial charge in [0, 0.05) is 0 Å². The molecule has 0 unspecified atom stereocenters. The number of benzene rings is 1. The fraction of sp³-hybridized carbons (Fsp3) is 0.364. The summed E-state index contributed by atoms with van der Waals surface area (Å²) in [7, 11) is 0. The van der Waals surface area contributed by atoms with Gasteiger partial charge in [0.15, 0.2) is 0 Å². The molecule has 1 aromatic carbocycles. The van der Waals surface area contributed by atoms with E-state index in [2.05, 4.69) is 51.1 Å². The fourth-order valence-electron chi connectivity index (χ4n) is 3.21. The molecule has 0 saturated carbocycles. The summed E-state index contributed by atoms with van der Waals surface area (Å²) >= 11 is 0. The second-order valence-corrected chi connectivity index (χ2v) is 6.93. The van der Waals surface area contributed by atoms with E-state index in [1.54, 1.807) is 0 Å². The lowest BCUT2D eigenvalue weighted by Crippen LogP contribution is -2.19. The minimum Gasteiger partial charge on any atom is -0.392 e. The third kappa shape index (κ3) is 5.07. The maximum Gasteiger partial charge on any atom is 0.0681 e. The van der Waals surface area contributed by atoms with Gasteiger partial charge in [-0.1, -0.05) is 80.1 Å². The van der Waals surface area contributed by atoms with Gasteiger partial charge in [-0.3, -0.25) is 0 Å². The first-order chi connectivity index (χ1) is 11.0. The van der Waals surface area contributed by atoms with E-state index >= 15 is 0 Å². The van der Waals surface area contributed by atoms with Crippen LogP contribution in [0.5, 0.6) is 0 Å². The average molecular weight is 308 g/mol. The molecule has 0 saturated heterocycles. The van der Waals surface area contributed by atoms with Crippen molar-refractivity contribution in [1.82, 2.24) is 0 Å². The van der Waals surface area contributed by atoms with Gasteiger partial charge in [0.05, 0.1) is 6.61 Å². The summed E-state index contributed by atoms with van der Waals surface area (Å²) < 4.78 is 0. The lowest BCUT2D eigenvalue weighted by Gasteiger charge is -2.33. The Morgan fingerprint density at radius 2 is 1.91 bits per heavy atom. The van der Waals surface area contributed by atoms with Crippen molar-refractivity contribution in [2.75, 3.05) is 6.61 Å². The zero-order chi connectivity index (χ0) is 16.7.